The molecule has 0 unspecified atom stereocenters. The van der Waals surface area contributed by atoms with Crippen LogP contribution in [-0.2, 0) is 16.0 Å². The highest BCUT2D eigenvalue weighted by Gasteiger charge is 2.08. The molecule has 0 fully saturated rings. The van der Waals surface area contributed by atoms with Crippen molar-refractivity contribution in [1.82, 2.24) is 9.97 Å². The second-order valence-electron chi connectivity index (χ2n) is 2.95. The number of aromatic nitrogens is 2. The summed E-state index contributed by atoms with van der Waals surface area (Å²) in [7, 11) is 0. The predicted molar refractivity (Wildman–Crippen MR) is 52.5 cm³/mol. The van der Waals surface area contributed by atoms with E-state index in [2.05, 4.69) is 9.97 Å². The summed E-state index contributed by atoms with van der Waals surface area (Å²) >= 11 is 0. The lowest BCUT2D eigenvalue weighted by Gasteiger charge is -2.02. The van der Waals surface area contributed by atoms with E-state index in [1.807, 2.05) is 0 Å². The molecule has 0 amide bonds. The lowest BCUT2D eigenvalue weighted by atomic mass is 10.3. The van der Waals surface area contributed by atoms with E-state index in [1.165, 1.54) is 0 Å². The minimum atomic E-state index is -0.389. The van der Waals surface area contributed by atoms with Gasteiger partial charge >= 0.3 is 5.97 Å². The summed E-state index contributed by atoms with van der Waals surface area (Å²) in [5.41, 5.74) is 0.938. The second-order valence-corrected chi connectivity index (χ2v) is 2.95. The lowest BCUT2D eigenvalue weighted by Crippen LogP contribution is -2.11. The summed E-state index contributed by atoms with van der Waals surface area (Å²) < 4.78 is 4.75. The molecule has 0 spiro atoms. The number of carbonyl (C=O) groups is 2. The first-order valence-electron chi connectivity index (χ1n) is 4.61. The maximum Gasteiger partial charge on any atom is 0.313 e. The van der Waals surface area contributed by atoms with Crippen LogP contribution in [-0.4, -0.2) is 28.8 Å². The third-order valence-corrected chi connectivity index (χ3v) is 1.65. The Morgan fingerprint density at radius 2 is 2.27 bits per heavy atom. The third kappa shape index (κ3) is 3.46. The van der Waals surface area contributed by atoms with Crippen molar-refractivity contribution in [3.63, 3.8) is 0 Å². The number of esters is 1. The fourth-order valence-electron chi connectivity index (χ4n) is 1.14. The van der Waals surface area contributed by atoms with E-state index in [-0.39, 0.29) is 18.1 Å². The second kappa shape index (κ2) is 5.19. The molecule has 0 radical (unpaired) electrons. The number of ether oxygens (including phenoxy) is 1. The molecule has 0 aromatic carbocycles. The number of nitrogens with zero attached hydrogens (tertiary/aromatic N) is 2. The molecule has 0 saturated heterocycles. The summed E-state index contributed by atoms with van der Waals surface area (Å²) in [6, 6.07) is 1.56. The summed E-state index contributed by atoms with van der Waals surface area (Å²) in [4.78, 5) is 29.6. The highest BCUT2D eigenvalue weighted by Crippen LogP contribution is 2.00. The van der Waals surface area contributed by atoms with Crippen LogP contribution in [0, 0.1) is 6.92 Å². The number of hydrogen-bond donors (Lipinski definition) is 0. The predicted octanol–water partition coefficient (Wildman–Crippen LogP) is 0.703. The van der Waals surface area contributed by atoms with E-state index in [9.17, 15) is 9.59 Å². The maximum absolute atomic E-state index is 11.1. The first kappa shape index (κ1) is 11.3. The standard InChI is InChI=1S/C10H12N2O3/c1-3-15-10(14)5-9-11-7(2)4-8(6-13)12-9/h4,6H,3,5H2,1-2H3. The molecule has 0 aliphatic heterocycles. The van der Waals surface area contributed by atoms with Crippen LogP contribution in [0.15, 0.2) is 6.07 Å². The Kier molecular flexibility index (Phi) is 3.91. The van der Waals surface area contributed by atoms with Gasteiger partial charge in [-0.1, -0.05) is 0 Å². The van der Waals surface area contributed by atoms with E-state index in [4.69, 9.17) is 4.74 Å². The van der Waals surface area contributed by atoms with Crippen LogP contribution in [0.2, 0.25) is 0 Å². The zero-order chi connectivity index (χ0) is 11.3. The van der Waals surface area contributed by atoms with E-state index >= 15 is 0 Å². The minimum Gasteiger partial charge on any atom is -0.466 e. The van der Waals surface area contributed by atoms with Gasteiger partial charge in [-0.3, -0.25) is 9.59 Å². The van der Waals surface area contributed by atoms with Gasteiger partial charge in [0.25, 0.3) is 0 Å². The van der Waals surface area contributed by atoms with Crippen molar-refractivity contribution in [2.45, 2.75) is 20.3 Å². The maximum atomic E-state index is 11.1. The van der Waals surface area contributed by atoms with Gasteiger partial charge in [0.1, 0.15) is 17.9 Å². The van der Waals surface area contributed by atoms with E-state index < -0.39 is 0 Å². The Bertz CT molecular complexity index is 377. The molecular weight excluding hydrogens is 196 g/mol. The summed E-state index contributed by atoms with van der Waals surface area (Å²) in [5.74, 6) is -0.0736. The summed E-state index contributed by atoms with van der Waals surface area (Å²) in [6.07, 6.45) is 0.625. The summed E-state index contributed by atoms with van der Waals surface area (Å²) in [5, 5.41) is 0. The molecule has 0 atom stereocenters. The van der Waals surface area contributed by atoms with Crippen molar-refractivity contribution in [2.75, 3.05) is 6.61 Å². The molecule has 1 heterocycles. The van der Waals surface area contributed by atoms with E-state index in [0.717, 1.165) is 0 Å². The zero-order valence-electron chi connectivity index (χ0n) is 8.69. The van der Waals surface area contributed by atoms with Crippen molar-refractivity contribution in [3.8, 4) is 0 Å². The fourth-order valence-corrected chi connectivity index (χ4v) is 1.14. The number of rotatable bonds is 4. The highest BCUT2D eigenvalue weighted by molar-refractivity contribution is 5.73. The number of aldehydes is 1. The van der Waals surface area contributed by atoms with Gasteiger partial charge in [0.15, 0.2) is 6.29 Å². The van der Waals surface area contributed by atoms with Crippen molar-refractivity contribution >= 4 is 12.3 Å². The third-order valence-electron chi connectivity index (χ3n) is 1.65. The summed E-state index contributed by atoms with van der Waals surface area (Å²) in [6.45, 7) is 3.79. The van der Waals surface area contributed by atoms with Crippen LogP contribution in [0.5, 0.6) is 0 Å². The molecular formula is C10H12N2O3. The van der Waals surface area contributed by atoms with Gasteiger partial charge in [-0.05, 0) is 19.9 Å². The first-order valence-corrected chi connectivity index (χ1v) is 4.61. The molecule has 0 N–H and O–H groups in total. The Morgan fingerprint density at radius 3 is 2.87 bits per heavy atom. The monoisotopic (exact) mass is 208 g/mol. The van der Waals surface area contributed by atoms with Crippen LogP contribution in [0.4, 0.5) is 0 Å². The number of hydrogen-bond acceptors (Lipinski definition) is 5. The van der Waals surface area contributed by atoms with Gasteiger partial charge < -0.3 is 4.74 Å². The van der Waals surface area contributed by atoms with Crippen LogP contribution in [0.3, 0.4) is 0 Å². The normalized spacial score (nSPS) is 9.73. The quantitative estimate of drug-likeness (QED) is 0.538. The van der Waals surface area contributed by atoms with Crippen LogP contribution in [0.25, 0.3) is 0 Å². The molecule has 5 nitrogen and oxygen atoms in total. The molecule has 0 saturated carbocycles. The van der Waals surface area contributed by atoms with Gasteiger partial charge in [0.05, 0.1) is 6.61 Å². The molecule has 1 rings (SSSR count). The van der Waals surface area contributed by atoms with Crippen LogP contribution in [0.1, 0.15) is 28.9 Å². The topological polar surface area (TPSA) is 69.2 Å². The molecule has 1 aromatic heterocycles. The molecule has 1 aromatic rings. The largest absolute Gasteiger partial charge is 0.466 e. The van der Waals surface area contributed by atoms with Crippen LogP contribution < -0.4 is 0 Å². The Labute approximate surface area is 87.5 Å². The average molecular weight is 208 g/mol. The molecule has 0 bridgehead atoms. The van der Waals surface area contributed by atoms with Gasteiger partial charge in [0.2, 0.25) is 0 Å². The number of aryl methyl sites for hydroxylation is 1. The van der Waals surface area contributed by atoms with Crippen molar-refractivity contribution in [1.29, 1.82) is 0 Å². The van der Waals surface area contributed by atoms with E-state index in [0.29, 0.717) is 24.4 Å². The van der Waals surface area contributed by atoms with E-state index in [1.54, 1.807) is 19.9 Å². The fraction of sp³-hybridized carbons (Fsp3) is 0.400. The molecule has 0 aliphatic carbocycles. The Hall–Kier alpha value is -1.78. The number of carbonyl (C=O) groups excluding carboxylic acids is 2. The van der Waals surface area contributed by atoms with Gasteiger partial charge in [-0.2, -0.15) is 0 Å². The first-order chi connectivity index (χ1) is 7.15. The van der Waals surface area contributed by atoms with Crippen molar-refractivity contribution < 1.29 is 14.3 Å². The molecule has 80 valence electrons. The molecule has 15 heavy (non-hydrogen) atoms. The lowest BCUT2D eigenvalue weighted by molar-refractivity contribution is -0.142. The zero-order valence-corrected chi connectivity index (χ0v) is 8.69. The van der Waals surface area contributed by atoms with Crippen molar-refractivity contribution in [2.24, 2.45) is 0 Å². The Morgan fingerprint density at radius 1 is 1.53 bits per heavy atom. The highest BCUT2D eigenvalue weighted by atomic mass is 16.5. The van der Waals surface area contributed by atoms with Crippen LogP contribution >= 0.6 is 0 Å². The average Bonchev–Trinajstić information content (AvgIpc) is 2.17. The molecule has 0 aliphatic rings. The minimum absolute atomic E-state index is 0.00361. The van der Waals surface area contributed by atoms with Gasteiger partial charge in [-0.15, -0.1) is 0 Å². The smallest absolute Gasteiger partial charge is 0.313 e. The van der Waals surface area contributed by atoms with Gasteiger partial charge in [0, 0.05) is 5.69 Å². The van der Waals surface area contributed by atoms with Crippen molar-refractivity contribution in [3.05, 3.63) is 23.3 Å². The molecule has 5 heteroatoms. The Balaban J connectivity index is 2.80. The SMILES string of the molecule is CCOC(=O)Cc1nc(C)cc(C=O)n1. The van der Waals surface area contributed by atoms with Gasteiger partial charge in [-0.25, -0.2) is 9.97 Å².